The Balaban J connectivity index is 2.33. The SMILES string of the molecule is CCCCOC(=O)c1c(C)c(C(=O)Cc2ccccc2)cc(C)c1O. The summed E-state index contributed by atoms with van der Waals surface area (Å²) in [6, 6.07) is 11.1. The molecule has 0 bridgehead atoms. The van der Waals surface area contributed by atoms with Gasteiger partial charge in [0, 0.05) is 12.0 Å². The van der Waals surface area contributed by atoms with Gasteiger partial charge >= 0.3 is 5.97 Å². The van der Waals surface area contributed by atoms with Crippen molar-refractivity contribution in [3.05, 3.63) is 64.2 Å². The number of benzene rings is 2. The molecule has 0 fully saturated rings. The van der Waals surface area contributed by atoms with Crippen molar-refractivity contribution in [3.8, 4) is 5.75 Å². The first-order valence-electron chi connectivity index (χ1n) is 8.53. The number of Topliss-reactive ketones (excluding diaryl/α,β-unsaturated/α-hetero) is 1. The van der Waals surface area contributed by atoms with Gasteiger partial charge in [0.05, 0.1) is 6.61 Å². The van der Waals surface area contributed by atoms with E-state index in [1.54, 1.807) is 19.9 Å². The first-order chi connectivity index (χ1) is 12.0. The molecule has 0 saturated carbocycles. The first kappa shape index (κ1) is 18.7. The third kappa shape index (κ3) is 4.47. The van der Waals surface area contributed by atoms with Crippen LogP contribution in [0.5, 0.6) is 5.75 Å². The average Bonchev–Trinajstić information content (AvgIpc) is 2.59. The van der Waals surface area contributed by atoms with Crippen LogP contribution in [-0.2, 0) is 11.2 Å². The molecule has 0 radical (unpaired) electrons. The van der Waals surface area contributed by atoms with Gasteiger partial charge < -0.3 is 9.84 Å². The van der Waals surface area contributed by atoms with Gasteiger partial charge in [0.25, 0.3) is 0 Å². The molecule has 0 aliphatic heterocycles. The summed E-state index contributed by atoms with van der Waals surface area (Å²) in [6.45, 7) is 5.66. The van der Waals surface area contributed by atoms with Crippen LogP contribution in [0.15, 0.2) is 36.4 Å². The van der Waals surface area contributed by atoms with Crippen LogP contribution in [0, 0.1) is 13.8 Å². The molecule has 0 aliphatic carbocycles. The van der Waals surface area contributed by atoms with E-state index in [-0.39, 0.29) is 23.5 Å². The molecule has 2 rings (SSSR count). The van der Waals surface area contributed by atoms with E-state index in [9.17, 15) is 14.7 Å². The lowest BCUT2D eigenvalue weighted by Gasteiger charge is -2.14. The number of phenolic OH excluding ortho intramolecular Hbond substituents is 1. The first-order valence-corrected chi connectivity index (χ1v) is 8.53. The van der Waals surface area contributed by atoms with Crippen molar-refractivity contribution in [2.24, 2.45) is 0 Å². The number of ketones is 1. The minimum Gasteiger partial charge on any atom is -0.507 e. The molecule has 0 aliphatic rings. The van der Waals surface area contributed by atoms with E-state index in [2.05, 4.69) is 0 Å². The molecule has 0 amide bonds. The van der Waals surface area contributed by atoms with Crippen LogP contribution in [0.4, 0.5) is 0 Å². The number of esters is 1. The van der Waals surface area contributed by atoms with Crippen LogP contribution < -0.4 is 0 Å². The van der Waals surface area contributed by atoms with Crippen LogP contribution in [-0.4, -0.2) is 23.5 Å². The average molecular weight is 340 g/mol. The second-order valence-electron chi connectivity index (χ2n) is 6.16. The van der Waals surface area contributed by atoms with E-state index < -0.39 is 5.97 Å². The van der Waals surface area contributed by atoms with Crippen LogP contribution >= 0.6 is 0 Å². The Labute approximate surface area is 148 Å². The molecule has 25 heavy (non-hydrogen) atoms. The summed E-state index contributed by atoms with van der Waals surface area (Å²) in [5.74, 6) is -0.787. The molecule has 0 aromatic heterocycles. The van der Waals surface area contributed by atoms with Gasteiger partial charge in [-0.3, -0.25) is 4.79 Å². The zero-order valence-electron chi connectivity index (χ0n) is 15.0. The third-order valence-electron chi connectivity index (χ3n) is 4.19. The normalized spacial score (nSPS) is 10.5. The topological polar surface area (TPSA) is 63.6 Å². The monoisotopic (exact) mass is 340 g/mol. The van der Waals surface area contributed by atoms with Crippen LogP contribution in [0.3, 0.4) is 0 Å². The summed E-state index contributed by atoms with van der Waals surface area (Å²) in [4.78, 5) is 25.1. The van der Waals surface area contributed by atoms with Crippen molar-refractivity contribution < 1.29 is 19.4 Å². The van der Waals surface area contributed by atoms with Crippen molar-refractivity contribution in [2.45, 2.75) is 40.0 Å². The molecule has 2 aromatic rings. The van der Waals surface area contributed by atoms with Crippen molar-refractivity contribution in [1.29, 1.82) is 0 Å². The molecule has 1 N–H and O–H groups in total. The van der Waals surface area contributed by atoms with Crippen molar-refractivity contribution in [3.63, 3.8) is 0 Å². The lowest BCUT2D eigenvalue weighted by Crippen LogP contribution is -2.14. The number of carbonyl (C=O) groups excluding carboxylic acids is 2. The largest absolute Gasteiger partial charge is 0.507 e. The smallest absolute Gasteiger partial charge is 0.342 e. The number of aromatic hydroxyl groups is 1. The number of hydrogen-bond acceptors (Lipinski definition) is 4. The van der Waals surface area contributed by atoms with Gasteiger partial charge in [-0.2, -0.15) is 0 Å². The van der Waals surface area contributed by atoms with Gasteiger partial charge in [-0.05, 0) is 43.0 Å². The second-order valence-corrected chi connectivity index (χ2v) is 6.16. The number of ether oxygens (including phenoxy) is 1. The Morgan fingerprint density at radius 2 is 1.80 bits per heavy atom. The predicted molar refractivity (Wildman–Crippen MR) is 97.2 cm³/mol. The summed E-state index contributed by atoms with van der Waals surface area (Å²) in [5, 5.41) is 10.3. The highest BCUT2D eigenvalue weighted by molar-refractivity contribution is 6.04. The number of rotatable bonds is 7. The van der Waals surface area contributed by atoms with Crippen molar-refractivity contribution >= 4 is 11.8 Å². The van der Waals surface area contributed by atoms with Crippen molar-refractivity contribution in [1.82, 2.24) is 0 Å². The summed E-state index contributed by atoms with van der Waals surface area (Å²) < 4.78 is 5.23. The standard InChI is InChI=1S/C21H24O4/c1-4-5-11-25-21(24)19-15(3)17(12-14(2)20(19)23)18(22)13-16-9-7-6-8-10-16/h6-10,12,23H,4-5,11,13H2,1-3H3. The van der Waals surface area contributed by atoms with Gasteiger partial charge in [0.1, 0.15) is 11.3 Å². The van der Waals surface area contributed by atoms with Crippen molar-refractivity contribution in [2.75, 3.05) is 6.61 Å². The summed E-state index contributed by atoms with van der Waals surface area (Å²) in [6.07, 6.45) is 1.92. The fourth-order valence-electron chi connectivity index (χ4n) is 2.70. The number of aryl methyl sites for hydroxylation is 1. The predicted octanol–water partition coefficient (Wildman–Crippen LogP) is 4.39. The fourth-order valence-corrected chi connectivity index (χ4v) is 2.70. The Kier molecular flexibility index (Phi) is 6.34. The van der Waals surface area contributed by atoms with Crippen LogP contribution in [0.2, 0.25) is 0 Å². The van der Waals surface area contributed by atoms with E-state index in [0.29, 0.717) is 23.3 Å². The Morgan fingerprint density at radius 3 is 2.44 bits per heavy atom. The Bertz CT molecular complexity index is 763. The lowest BCUT2D eigenvalue weighted by molar-refractivity contribution is 0.0495. The second kappa shape index (κ2) is 8.47. The van der Waals surface area contributed by atoms with E-state index >= 15 is 0 Å². The maximum Gasteiger partial charge on any atom is 0.342 e. The number of phenols is 1. The zero-order valence-corrected chi connectivity index (χ0v) is 15.0. The van der Waals surface area contributed by atoms with Crippen LogP contribution in [0.25, 0.3) is 0 Å². The molecule has 0 saturated heterocycles. The molecule has 4 nitrogen and oxygen atoms in total. The molecule has 0 spiro atoms. The molecular formula is C21H24O4. The summed E-state index contributed by atoms with van der Waals surface area (Å²) in [5.41, 5.74) is 2.40. The minimum atomic E-state index is -0.582. The molecule has 0 heterocycles. The lowest BCUT2D eigenvalue weighted by atomic mass is 9.92. The van der Waals surface area contributed by atoms with Gasteiger partial charge in [-0.15, -0.1) is 0 Å². The number of hydrogen-bond donors (Lipinski definition) is 1. The molecular weight excluding hydrogens is 316 g/mol. The number of carbonyl (C=O) groups is 2. The molecule has 4 heteroatoms. The fraction of sp³-hybridized carbons (Fsp3) is 0.333. The minimum absolute atomic E-state index is 0.0885. The van der Waals surface area contributed by atoms with Gasteiger partial charge in [0.15, 0.2) is 5.78 Å². The molecule has 132 valence electrons. The number of unbranched alkanes of at least 4 members (excludes halogenated alkanes) is 1. The third-order valence-corrected chi connectivity index (χ3v) is 4.19. The molecule has 0 unspecified atom stereocenters. The van der Waals surface area contributed by atoms with Gasteiger partial charge in [-0.25, -0.2) is 4.79 Å². The van der Waals surface area contributed by atoms with E-state index in [1.165, 1.54) is 0 Å². The molecule has 2 aromatic carbocycles. The van der Waals surface area contributed by atoms with E-state index in [4.69, 9.17) is 4.74 Å². The van der Waals surface area contributed by atoms with E-state index in [1.807, 2.05) is 37.3 Å². The van der Waals surface area contributed by atoms with Gasteiger partial charge in [0.2, 0.25) is 0 Å². The Hall–Kier alpha value is -2.62. The highest BCUT2D eigenvalue weighted by Gasteiger charge is 2.23. The Morgan fingerprint density at radius 1 is 1.12 bits per heavy atom. The highest BCUT2D eigenvalue weighted by atomic mass is 16.5. The quantitative estimate of drug-likeness (QED) is 0.461. The highest BCUT2D eigenvalue weighted by Crippen LogP contribution is 2.30. The zero-order chi connectivity index (χ0) is 18.4. The maximum atomic E-state index is 12.7. The maximum absolute atomic E-state index is 12.7. The summed E-state index contributed by atoms with van der Waals surface area (Å²) in [7, 11) is 0. The van der Waals surface area contributed by atoms with Crippen LogP contribution in [0.1, 0.15) is 57.2 Å². The van der Waals surface area contributed by atoms with Gasteiger partial charge in [-0.1, -0.05) is 43.7 Å². The summed E-state index contributed by atoms with van der Waals surface area (Å²) >= 11 is 0. The van der Waals surface area contributed by atoms with E-state index in [0.717, 1.165) is 18.4 Å². The molecule has 0 atom stereocenters.